The highest BCUT2D eigenvalue weighted by atomic mass is 16.2. The molecule has 28 heavy (non-hydrogen) atoms. The summed E-state index contributed by atoms with van der Waals surface area (Å²) in [6.45, 7) is 2.58. The summed E-state index contributed by atoms with van der Waals surface area (Å²) in [7, 11) is 0. The number of urea groups is 1. The first-order valence-electron chi connectivity index (χ1n) is 9.31. The number of benzene rings is 2. The van der Waals surface area contributed by atoms with Crippen molar-refractivity contribution >= 4 is 29.2 Å². The molecule has 0 radical (unpaired) electrons. The van der Waals surface area contributed by atoms with E-state index in [0.717, 1.165) is 5.69 Å². The first kappa shape index (κ1) is 19.4. The molecule has 4 amide bonds. The summed E-state index contributed by atoms with van der Waals surface area (Å²) >= 11 is 0. The number of anilines is 2. The zero-order chi connectivity index (χ0) is 19.9. The Morgan fingerprint density at radius 2 is 1.57 bits per heavy atom. The second kappa shape index (κ2) is 9.03. The van der Waals surface area contributed by atoms with Crippen LogP contribution >= 0.6 is 0 Å². The van der Waals surface area contributed by atoms with Crippen LogP contribution in [0.2, 0.25) is 0 Å². The first-order valence-corrected chi connectivity index (χ1v) is 9.31. The highest BCUT2D eigenvalue weighted by molar-refractivity contribution is 5.97. The SMILES string of the molecule is CC(=O)Nc1cccc(C(=O)NC2CCN(C(=O)Nc3ccccc3)CC2)c1. The van der Waals surface area contributed by atoms with Gasteiger partial charge in [-0.25, -0.2) is 4.79 Å². The van der Waals surface area contributed by atoms with Gasteiger partial charge in [-0.2, -0.15) is 0 Å². The summed E-state index contributed by atoms with van der Waals surface area (Å²) in [4.78, 5) is 37.7. The van der Waals surface area contributed by atoms with Crippen molar-refractivity contribution in [3.63, 3.8) is 0 Å². The summed E-state index contributed by atoms with van der Waals surface area (Å²) in [5.74, 6) is -0.363. The summed E-state index contributed by atoms with van der Waals surface area (Å²) in [6, 6.07) is 16.1. The van der Waals surface area contributed by atoms with E-state index in [1.54, 1.807) is 29.2 Å². The molecule has 1 fully saturated rings. The molecule has 0 aliphatic carbocycles. The van der Waals surface area contributed by atoms with E-state index < -0.39 is 0 Å². The predicted molar refractivity (Wildman–Crippen MR) is 108 cm³/mol. The maximum atomic E-state index is 12.5. The Morgan fingerprint density at radius 3 is 2.25 bits per heavy atom. The molecule has 1 saturated heterocycles. The number of piperidine rings is 1. The van der Waals surface area contributed by atoms with Crippen molar-refractivity contribution in [2.24, 2.45) is 0 Å². The molecule has 0 saturated carbocycles. The van der Waals surface area contributed by atoms with E-state index in [4.69, 9.17) is 0 Å². The number of hydrogen-bond donors (Lipinski definition) is 3. The second-order valence-corrected chi connectivity index (χ2v) is 6.79. The monoisotopic (exact) mass is 380 g/mol. The highest BCUT2D eigenvalue weighted by Gasteiger charge is 2.24. The van der Waals surface area contributed by atoms with E-state index in [0.29, 0.717) is 37.2 Å². The molecule has 7 heteroatoms. The van der Waals surface area contributed by atoms with Gasteiger partial charge in [0.1, 0.15) is 0 Å². The van der Waals surface area contributed by atoms with Crippen LogP contribution in [0.15, 0.2) is 54.6 Å². The van der Waals surface area contributed by atoms with Gasteiger partial charge in [0.15, 0.2) is 0 Å². The zero-order valence-electron chi connectivity index (χ0n) is 15.8. The number of nitrogens with zero attached hydrogens (tertiary/aromatic N) is 1. The lowest BCUT2D eigenvalue weighted by Gasteiger charge is -2.32. The van der Waals surface area contributed by atoms with Crippen molar-refractivity contribution < 1.29 is 14.4 Å². The summed E-state index contributed by atoms with van der Waals surface area (Å²) in [6.07, 6.45) is 1.39. The lowest BCUT2D eigenvalue weighted by atomic mass is 10.0. The van der Waals surface area contributed by atoms with Crippen LogP contribution in [-0.2, 0) is 4.79 Å². The highest BCUT2D eigenvalue weighted by Crippen LogP contribution is 2.15. The molecular formula is C21H24N4O3. The molecule has 7 nitrogen and oxygen atoms in total. The molecule has 1 heterocycles. The molecule has 2 aromatic carbocycles. The number of hydrogen-bond acceptors (Lipinski definition) is 3. The predicted octanol–water partition coefficient (Wildman–Crippen LogP) is 3.07. The van der Waals surface area contributed by atoms with Crippen molar-refractivity contribution in [2.45, 2.75) is 25.8 Å². The standard InChI is InChI=1S/C21H24N4O3/c1-15(26)22-19-9-5-6-16(14-19)20(27)23-18-10-12-25(13-11-18)21(28)24-17-7-3-2-4-8-17/h2-9,14,18H,10-13H2,1H3,(H,22,26)(H,23,27)(H,24,28). The average molecular weight is 380 g/mol. The maximum absolute atomic E-state index is 12.5. The second-order valence-electron chi connectivity index (χ2n) is 6.79. The molecule has 1 aliphatic heterocycles. The summed E-state index contributed by atoms with van der Waals surface area (Å²) in [5, 5.41) is 8.57. The van der Waals surface area contributed by atoms with E-state index >= 15 is 0 Å². The van der Waals surface area contributed by atoms with Crippen LogP contribution in [0.1, 0.15) is 30.1 Å². The van der Waals surface area contributed by atoms with Gasteiger partial charge in [-0.3, -0.25) is 9.59 Å². The quantitative estimate of drug-likeness (QED) is 0.761. The van der Waals surface area contributed by atoms with Crippen LogP contribution in [0, 0.1) is 0 Å². The third-order valence-corrected chi connectivity index (χ3v) is 4.59. The van der Waals surface area contributed by atoms with Crippen molar-refractivity contribution in [3.05, 3.63) is 60.2 Å². The fourth-order valence-corrected chi connectivity index (χ4v) is 3.16. The Bertz CT molecular complexity index is 846. The van der Waals surface area contributed by atoms with E-state index in [1.165, 1.54) is 6.92 Å². The molecule has 0 aromatic heterocycles. The number of carbonyl (C=O) groups is 3. The Kier molecular flexibility index (Phi) is 6.26. The minimum Gasteiger partial charge on any atom is -0.349 e. The van der Waals surface area contributed by atoms with E-state index in [2.05, 4.69) is 16.0 Å². The minimum atomic E-state index is -0.182. The fraction of sp³-hybridized carbons (Fsp3) is 0.286. The van der Waals surface area contributed by atoms with Gasteiger partial charge in [-0.15, -0.1) is 0 Å². The van der Waals surface area contributed by atoms with Crippen LogP contribution in [0.5, 0.6) is 0 Å². The number of rotatable bonds is 4. The number of amides is 4. The maximum Gasteiger partial charge on any atom is 0.321 e. The van der Waals surface area contributed by atoms with Crippen molar-refractivity contribution in [3.8, 4) is 0 Å². The van der Waals surface area contributed by atoms with Gasteiger partial charge in [0.05, 0.1) is 0 Å². The zero-order valence-corrected chi connectivity index (χ0v) is 15.8. The Morgan fingerprint density at radius 1 is 0.893 bits per heavy atom. The number of para-hydroxylation sites is 1. The summed E-state index contributed by atoms with van der Waals surface area (Å²) < 4.78 is 0. The third kappa shape index (κ3) is 5.33. The molecule has 0 bridgehead atoms. The molecule has 3 N–H and O–H groups in total. The molecule has 0 atom stereocenters. The number of nitrogens with one attached hydrogen (secondary N) is 3. The van der Waals surface area contributed by atoms with Crippen LogP contribution in [-0.4, -0.2) is 41.9 Å². The topological polar surface area (TPSA) is 90.5 Å². The van der Waals surface area contributed by atoms with Crippen molar-refractivity contribution in [1.29, 1.82) is 0 Å². The molecule has 0 unspecified atom stereocenters. The van der Waals surface area contributed by atoms with Gasteiger partial charge in [-0.05, 0) is 43.2 Å². The van der Waals surface area contributed by atoms with Crippen LogP contribution in [0.3, 0.4) is 0 Å². The van der Waals surface area contributed by atoms with Crippen molar-refractivity contribution in [1.82, 2.24) is 10.2 Å². The van der Waals surface area contributed by atoms with Crippen LogP contribution in [0.25, 0.3) is 0 Å². The molecular weight excluding hydrogens is 356 g/mol. The van der Waals surface area contributed by atoms with Gasteiger partial charge < -0.3 is 20.9 Å². The van der Waals surface area contributed by atoms with Crippen LogP contribution in [0.4, 0.5) is 16.2 Å². The lowest BCUT2D eigenvalue weighted by molar-refractivity contribution is -0.114. The van der Waals surface area contributed by atoms with Crippen molar-refractivity contribution in [2.75, 3.05) is 23.7 Å². The average Bonchev–Trinajstić information content (AvgIpc) is 2.69. The normalized spacial score (nSPS) is 14.2. The fourth-order valence-electron chi connectivity index (χ4n) is 3.16. The van der Waals surface area contributed by atoms with Gasteiger partial charge >= 0.3 is 6.03 Å². The van der Waals surface area contributed by atoms with E-state index in [9.17, 15) is 14.4 Å². The van der Waals surface area contributed by atoms with E-state index in [1.807, 2.05) is 30.3 Å². The smallest absolute Gasteiger partial charge is 0.321 e. The molecule has 3 rings (SSSR count). The Labute approximate surface area is 164 Å². The van der Waals surface area contributed by atoms with Gasteiger partial charge in [0.2, 0.25) is 5.91 Å². The van der Waals surface area contributed by atoms with Gasteiger partial charge in [0.25, 0.3) is 5.91 Å². The van der Waals surface area contributed by atoms with E-state index in [-0.39, 0.29) is 23.9 Å². The molecule has 2 aromatic rings. The number of carbonyl (C=O) groups excluding carboxylic acids is 3. The Balaban J connectivity index is 1.49. The lowest BCUT2D eigenvalue weighted by Crippen LogP contribution is -2.47. The first-order chi connectivity index (χ1) is 13.5. The summed E-state index contributed by atoms with van der Waals surface area (Å²) in [5.41, 5.74) is 1.85. The van der Waals surface area contributed by atoms with Gasteiger partial charge in [-0.1, -0.05) is 24.3 Å². The molecule has 0 spiro atoms. The van der Waals surface area contributed by atoms with Gasteiger partial charge in [0, 0.05) is 43.0 Å². The third-order valence-electron chi connectivity index (χ3n) is 4.59. The molecule has 1 aliphatic rings. The number of likely N-dealkylation sites (tertiary alicyclic amines) is 1. The minimum absolute atomic E-state index is 0.0118. The van der Waals surface area contributed by atoms with Crippen LogP contribution < -0.4 is 16.0 Å². The molecule has 146 valence electrons. The Hall–Kier alpha value is -3.35. The largest absolute Gasteiger partial charge is 0.349 e.